The fourth-order valence-corrected chi connectivity index (χ4v) is 2.68. The number of amides is 1. The number of nitrogens with zero attached hydrogens (tertiary/aromatic N) is 1. The number of benzene rings is 3. The molecular weight excluding hydrogens is 364 g/mol. The van der Waals surface area contributed by atoms with Crippen LogP contribution in [0.1, 0.15) is 22.3 Å². The Hall–Kier alpha value is -3.60. The summed E-state index contributed by atoms with van der Waals surface area (Å²) in [5.74, 6) is 1.06. The molecule has 5 nitrogen and oxygen atoms in total. The van der Waals surface area contributed by atoms with E-state index in [-0.39, 0.29) is 12.5 Å². The van der Waals surface area contributed by atoms with Gasteiger partial charge in [0.2, 0.25) is 0 Å². The first-order valence-corrected chi connectivity index (χ1v) is 9.40. The quantitative estimate of drug-likeness (QED) is 0.459. The van der Waals surface area contributed by atoms with Crippen LogP contribution >= 0.6 is 0 Å². The fraction of sp³-hybridized carbons (Fsp3) is 0.167. The Balaban J connectivity index is 1.53. The van der Waals surface area contributed by atoms with E-state index in [0.29, 0.717) is 18.1 Å². The van der Waals surface area contributed by atoms with Crippen LogP contribution < -0.4 is 14.9 Å². The molecule has 1 N–H and O–H groups in total. The highest BCUT2D eigenvalue weighted by atomic mass is 16.5. The van der Waals surface area contributed by atoms with Crippen molar-refractivity contribution in [1.82, 2.24) is 5.43 Å². The Bertz CT molecular complexity index is 984. The maximum absolute atomic E-state index is 12.0. The Morgan fingerprint density at radius 2 is 1.62 bits per heavy atom. The van der Waals surface area contributed by atoms with Gasteiger partial charge in [0.25, 0.3) is 5.91 Å². The average molecular weight is 388 g/mol. The largest absolute Gasteiger partial charge is 0.488 e. The summed E-state index contributed by atoms with van der Waals surface area (Å²) >= 11 is 0. The summed E-state index contributed by atoms with van der Waals surface area (Å²) in [6, 6.07) is 23.2. The van der Waals surface area contributed by atoms with Gasteiger partial charge in [-0.2, -0.15) is 5.10 Å². The van der Waals surface area contributed by atoms with Gasteiger partial charge in [0.1, 0.15) is 18.1 Å². The van der Waals surface area contributed by atoms with E-state index in [4.69, 9.17) is 9.47 Å². The molecule has 0 spiro atoms. The summed E-state index contributed by atoms with van der Waals surface area (Å²) in [4.78, 5) is 12.0. The van der Waals surface area contributed by atoms with Gasteiger partial charge in [-0.1, -0.05) is 54.6 Å². The first-order valence-electron chi connectivity index (χ1n) is 9.40. The minimum atomic E-state index is -0.329. The summed E-state index contributed by atoms with van der Waals surface area (Å²) in [5.41, 5.74) is 6.48. The van der Waals surface area contributed by atoms with Crippen molar-refractivity contribution in [2.24, 2.45) is 5.10 Å². The molecule has 0 aliphatic carbocycles. The highest BCUT2D eigenvalue weighted by molar-refractivity contribution is 5.85. The lowest BCUT2D eigenvalue weighted by molar-refractivity contribution is -0.123. The molecule has 0 saturated carbocycles. The van der Waals surface area contributed by atoms with Gasteiger partial charge >= 0.3 is 0 Å². The topological polar surface area (TPSA) is 59.9 Å². The second kappa shape index (κ2) is 10.1. The Morgan fingerprint density at radius 3 is 2.45 bits per heavy atom. The van der Waals surface area contributed by atoms with Crippen molar-refractivity contribution in [3.8, 4) is 11.5 Å². The molecule has 0 heterocycles. The number of carbonyl (C=O) groups is 1. The lowest BCUT2D eigenvalue weighted by atomic mass is 10.1. The highest BCUT2D eigenvalue weighted by Crippen LogP contribution is 2.20. The molecule has 3 aromatic rings. The number of hydrazone groups is 1. The molecule has 5 heteroatoms. The molecule has 3 rings (SSSR count). The first-order chi connectivity index (χ1) is 14.1. The molecule has 0 aliphatic heterocycles. The average Bonchev–Trinajstić information content (AvgIpc) is 2.75. The maximum atomic E-state index is 12.0. The lowest BCUT2D eigenvalue weighted by Gasteiger charge is -2.10. The van der Waals surface area contributed by atoms with E-state index < -0.39 is 0 Å². The normalized spacial score (nSPS) is 10.7. The van der Waals surface area contributed by atoms with Crippen molar-refractivity contribution >= 4 is 12.1 Å². The number of hydrogen-bond donors (Lipinski definition) is 1. The van der Waals surface area contributed by atoms with Gasteiger partial charge in [-0.05, 0) is 48.7 Å². The van der Waals surface area contributed by atoms with Gasteiger partial charge < -0.3 is 9.47 Å². The van der Waals surface area contributed by atoms with Crippen LogP contribution in [0.4, 0.5) is 0 Å². The highest BCUT2D eigenvalue weighted by Gasteiger charge is 2.06. The van der Waals surface area contributed by atoms with E-state index in [1.807, 2.05) is 86.6 Å². The van der Waals surface area contributed by atoms with E-state index >= 15 is 0 Å². The molecule has 29 heavy (non-hydrogen) atoms. The Labute approximate surface area is 171 Å². The Morgan fingerprint density at radius 1 is 0.897 bits per heavy atom. The van der Waals surface area contributed by atoms with E-state index in [2.05, 4.69) is 10.5 Å². The zero-order valence-electron chi connectivity index (χ0n) is 16.6. The number of nitrogens with one attached hydrogen (secondary N) is 1. The second-order valence-corrected chi connectivity index (χ2v) is 6.59. The van der Waals surface area contributed by atoms with Crippen molar-refractivity contribution in [3.63, 3.8) is 0 Å². The standard InChI is InChI=1S/C24H24N2O3/c1-18-9-8-14-22(19(18)2)29-17-24(27)26-25-15-21-12-6-7-13-23(21)28-16-20-10-4-3-5-11-20/h3-15H,16-17H2,1-2H3,(H,26,27)/b25-15+. The summed E-state index contributed by atoms with van der Waals surface area (Å²) in [6.45, 7) is 4.33. The lowest BCUT2D eigenvalue weighted by Crippen LogP contribution is -2.24. The molecule has 0 saturated heterocycles. The zero-order valence-corrected chi connectivity index (χ0v) is 16.6. The number of aryl methyl sites for hydroxylation is 1. The van der Waals surface area contributed by atoms with Gasteiger partial charge in [-0.3, -0.25) is 4.79 Å². The van der Waals surface area contributed by atoms with Crippen molar-refractivity contribution in [2.75, 3.05) is 6.61 Å². The number of hydrogen-bond acceptors (Lipinski definition) is 4. The smallest absolute Gasteiger partial charge is 0.277 e. The molecule has 0 aliphatic rings. The number of para-hydroxylation sites is 1. The Kier molecular flexibility index (Phi) is 7.00. The molecule has 148 valence electrons. The van der Waals surface area contributed by atoms with Gasteiger partial charge in [0, 0.05) is 5.56 Å². The van der Waals surface area contributed by atoms with Crippen LogP contribution in [0, 0.1) is 13.8 Å². The molecule has 0 radical (unpaired) electrons. The molecule has 0 fully saturated rings. The molecule has 3 aromatic carbocycles. The molecule has 0 aromatic heterocycles. The predicted octanol–water partition coefficient (Wildman–Crippen LogP) is 4.41. The summed E-state index contributed by atoms with van der Waals surface area (Å²) < 4.78 is 11.5. The molecule has 0 bridgehead atoms. The molecular formula is C24H24N2O3. The second-order valence-electron chi connectivity index (χ2n) is 6.59. The van der Waals surface area contributed by atoms with Crippen LogP contribution in [0.3, 0.4) is 0 Å². The summed E-state index contributed by atoms with van der Waals surface area (Å²) in [6.07, 6.45) is 1.57. The number of ether oxygens (including phenoxy) is 2. The molecule has 1 amide bonds. The molecule has 0 atom stereocenters. The van der Waals surface area contributed by atoms with Crippen LogP contribution in [-0.4, -0.2) is 18.7 Å². The minimum Gasteiger partial charge on any atom is -0.488 e. The monoisotopic (exact) mass is 388 g/mol. The maximum Gasteiger partial charge on any atom is 0.277 e. The number of rotatable bonds is 8. The summed E-state index contributed by atoms with van der Waals surface area (Å²) in [7, 11) is 0. The van der Waals surface area contributed by atoms with E-state index in [0.717, 1.165) is 22.3 Å². The van der Waals surface area contributed by atoms with E-state index in [1.54, 1.807) is 6.21 Å². The van der Waals surface area contributed by atoms with E-state index in [9.17, 15) is 4.79 Å². The third-order valence-corrected chi connectivity index (χ3v) is 4.46. The minimum absolute atomic E-state index is 0.103. The third-order valence-electron chi connectivity index (χ3n) is 4.46. The number of carbonyl (C=O) groups excluding carboxylic acids is 1. The zero-order chi connectivity index (χ0) is 20.5. The van der Waals surface area contributed by atoms with Gasteiger partial charge in [0.15, 0.2) is 6.61 Å². The van der Waals surface area contributed by atoms with Crippen molar-refractivity contribution in [3.05, 3.63) is 95.1 Å². The van der Waals surface area contributed by atoms with Gasteiger partial charge in [-0.15, -0.1) is 0 Å². The van der Waals surface area contributed by atoms with Crippen molar-refractivity contribution in [1.29, 1.82) is 0 Å². The third kappa shape index (κ3) is 5.94. The first kappa shape index (κ1) is 20.1. The van der Waals surface area contributed by atoms with Crippen LogP contribution in [-0.2, 0) is 11.4 Å². The van der Waals surface area contributed by atoms with Crippen LogP contribution in [0.25, 0.3) is 0 Å². The molecule has 0 unspecified atom stereocenters. The summed E-state index contributed by atoms with van der Waals surface area (Å²) in [5, 5.41) is 4.02. The van der Waals surface area contributed by atoms with Crippen LogP contribution in [0.15, 0.2) is 77.9 Å². The predicted molar refractivity (Wildman–Crippen MR) is 114 cm³/mol. The van der Waals surface area contributed by atoms with Crippen LogP contribution in [0.5, 0.6) is 11.5 Å². The van der Waals surface area contributed by atoms with Crippen molar-refractivity contribution < 1.29 is 14.3 Å². The SMILES string of the molecule is Cc1cccc(OCC(=O)N/N=C/c2ccccc2OCc2ccccc2)c1C. The van der Waals surface area contributed by atoms with Crippen molar-refractivity contribution in [2.45, 2.75) is 20.5 Å². The van der Waals surface area contributed by atoms with Gasteiger partial charge in [-0.25, -0.2) is 5.43 Å². The van der Waals surface area contributed by atoms with Gasteiger partial charge in [0.05, 0.1) is 6.21 Å². The van der Waals surface area contributed by atoms with E-state index in [1.165, 1.54) is 0 Å². The fourth-order valence-electron chi connectivity index (χ4n) is 2.68. The van der Waals surface area contributed by atoms with Crippen LogP contribution in [0.2, 0.25) is 0 Å².